The normalized spacial score (nSPS) is 21.6. The Balaban J connectivity index is 1.90. The molecule has 122 valence electrons. The number of benzene rings is 2. The smallest absolute Gasteiger partial charge is 0.322 e. The van der Waals surface area contributed by atoms with E-state index in [1.54, 1.807) is 24.3 Å². The van der Waals surface area contributed by atoms with Gasteiger partial charge in [0.05, 0.1) is 12.8 Å². The number of anilines is 1. The number of carbonyl (C=O) groups excluding carboxylic acids is 3. The fraction of sp³-hybridized carbons (Fsp3) is 0.211. The SMILES string of the molecule is COC(=O)C1(C(=O)Nc2ccccc2C=O)CC1c1ccccc1. The lowest BCUT2D eigenvalue weighted by molar-refractivity contribution is -0.150. The van der Waals surface area contributed by atoms with Crippen molar-refractivity contribution in [2.24, 2.45) is 5.41 Å². The van der Waals surface area contributed by atoms with Crippen molar-refractivity contribution in [3.8, 4) is 0 Å². The highest BCUT2D eigenvalue weighted by molar-refractivity contribution is 6.13. The van der Waals surface area contributed by atoms with Gasteiger partial charge in [0.25, 0.3) is 0 Å². The molecule has 0 aromatic heterocycles. The molecule has 2 aromatic carbocycles. The van der Waals surface area contributed by atoms with E-state index in [0.29, 0.717) is 24.0 Å². The third-order valence-corrected chi connectivity index (χ3v) is 4.45. The van der Waals surface area contributed by atoms with Crippen LogP contribution in [-0.4, -0.2) is 25.3 Å². The molecule has 1 amide bonds. The summed E-state index contributed by atoms with van der Waals surface area (Å²) in [5.74, 6) is -1.23. The Morgan fingerprint density at radius 1 is 1.12 bits per heavy atom. The van der Waals surface area contributed by atoms with Gasteiger partial charge in [-0.2, -0.15) is 0 Å². The molecule has 3 rings (SSSR count). The molecular formula is C19H17NO4. The van der Waals surface area contributed by atoms with Crippen molar-refractivity contribution >= 4 is 23.9 Å². The zero-order valence-corrected chi connectivity index (χ0v) is 13.2. The van der Waals surface area contributed by atoms with Crippen LogP contribution in [0.4, 0.5) is 5.69 Å². The third kappa shape index (κ3) is 2.58. The minimum Gasteiger partial charge on any atom is -0.468 e. The van der Waals surface area contributed by atoms with E-state index < -0.39 is 17.3 Å². The number of carbonyl (C=O) groups is 3. The predicted molar refractivity (Wildman–Crippen MR) is 88.7 cm³/mol. The summed E-state index contributed by atoms with van der Waals surface area (Å²) in [4.78, 5) is 36.2. The molecule has 5 heteroatoms. The van der Waals surface area contributed by atoms with Crippen LogP contribution in [0, 0.1) is 5.41 Å². The zero-order chi connectivity index (χ0) is 17.2. The first-order valence-corrected chi connectivity index (χ1v) is 7.62. The first-order valence-electron chi connectivity index (χ1n) is 7.62. The maximum Gasteiger partial charge on any atom is 0.322 e. The van der Waals surface area contributed by atoms with E-state index in [-0.39, 0.29) is 5.92 Å². The Labute approximate surface area is 139 Å². The van der Waals surface area contributed by atoms with Gasteiger partial charge in [-0.25, -0.2) is 0 Å². The van der Waals surface area contributed by atoms with Crippen molar-refractivity contribution in [1.29, 1.82) is 0 Å². The van der Waals surface area contributed by atoms with Gasteiger partial charge in [0.1, 0.15) is 0 Å². The molecule has 0 radical (unpaired) electrons. The molecule has 1 saturated carbocycles. The van der Waals surface area contributed by atoms with Crippen LogP contribution in [0.3, 0.4) is 0 Å². The molecule has 2 atom stereocenters. The predicted octanol–water partition coefficient (Wildman–Crippen LogP) is 2.78. The minimum atomic E-state index is -1.24. The second kappa shape index (κ2) is 6.28. The van der Waals surface area contributed by atoms with Crippen molar-refractivity contribution in [3.63, 3.8) is 0 Å². The molecule has 0 saturated heterocycles. The first-order chi connectivity index (χ1) is 11.6. The number of ether oxygens (including phenoxy) is 1. The fourth-order valence-corrected chi connectivity index (χ4v) is 3.05. The highest BCUT2D eigenvalue weighted by atomic mass is 16.5. The average molecular weight is 323 g/mol. The summed E-state index contributed by atoms with van der Waals surface area (Å²) < 4.78 is 4.88. The molecule has 2 aromatic rings. The monoisotopic (exact) mass is 323 g/mol. The van der Waals surface area contributed by atoms with Gasteiger partial charge >= 0.3 is 5.97 Å². The second-order valence-corrected chi connectivity index (χ2v) is 5.79. The summed E-state index contributed by atoms with van der Waals surface area (Å²) in [5, 5.41) is 2.71. The molecule has 0 spiro atoms. The van der Waals surface area contributed by atoms with Crippen molar-refractivity contribution in [2.45, 2.75) is 12.3 Å². The Kier molecular flexibility index (Phi) is 4.16. The summed E-state index contributed by atoms with van der Waals surface area (Å²) in [6, 6.07) is 16.1. The van der Waals surface area contributed by atoms with Gasteiger partial charge < -0.3 is 10.1 Å². The molecule has 1 aliphatic rings. The summed E-state index contributed by atoms with van der Waals surface area (Å²) in [7, 11) is 1.27. The molecular weight excluding hydrogens is 306 g/mol. The van der Waals surface area contributed by atoms with Crippen LogP contribution in [0.25, 0.3) is 0 Å². The lowest BCUT2D eigenvalue weighted by Gasteiger charge is -2.16. The number of esters is 1. The number of hydrogen-bond acceptors (Lipinski definition) is 4. The van der Waals surface area contributed by atoms with Gasteiger partial charge in [-0.1, -0.05) is 42.5 Å². The summed E-state index contributed by atoms with van der Waals surface area (Å²) in [6.45, 7) is 0. The highest BCUT2D eigenvalue weighted by Crippen LogP contribution is 2.60. The van der Waals surface area contributed by atoms with E-state index in [4.69, 9.17) is 4.74 Å². The molecule has 24 heavy (non-hydrogen) atoms. The van der Waals surface area contributed by atoms with Crippen LogP contribution < -0.4 is 5.32 Å². The Morgan fingerprint density at radius 3 is 2.46 bits per heavy atom. The lowest BCUT2D eigenvalue weighted by Crippen LogP contribution is -2.34. The maximum absolute atomic E-state index is 12.8. The van der Waals surface area contributed by atoms with Crippen molar-refractivity contribution < 1.29 is 19.1 Å². The molecule has 1 fully saturated rings. The van der Waals surface area contributed by atoms with E-state index in [0.717, 1.165) is 5.56 Å². The molecule has 0 bridgehead atoms. The molecule has 0 aliphatic heterocycles. The number of hydrogen-bond donors (Lipinski definition) is 1. The van der Waals surface area contributed by atoms with Crippen molar-refractivity contribution in [1.82, 2.24) is 0 Å². The number of methoxy groups -OCH3 is 1. The number of para-hydroxylation sites is 1. The van der Waals surface area contributed by atoms with Crippen LogP contribution in [0.15, 0.2) is 54.6 Å². The standard InChI is InChI=1S/C19H17NO4/c1-24-18(23)19(11-15(19)13-7-3-2-4-8-13)17(22)20-16-10-6-5-9-14(16)12-21/h2-10,12,15H,11H2,1H3,(H,20,22). The first kappa shape index (κ1) is 15.9. The van der Waals surface area contributed by atoms with E-state index >= 15 is 0 Å². The molecule has 5 nitrogen and oxygen atoms in total. The third-order valence-electron chi connectivity index (χ3n) is 4.45. The summed E-state index contributed by atoms with van der Waals surface area (Å²) >= 11 is 0. The molecule has 0 heterocycles. The minimum absolute atomic E-state index is 0.227. The Bertz CT molecular complexity index is 787. The van der Waals surface area contributed by atoms with Crippen molar-refractivity contribution in [2.75, 3.05) is 12.4 Å². The maximum atomic E-state index is 12.8. The summed E-state index contributed by atoms with van der Waals surface area (Å²) in [5.41, 5.74) is 0.426. The molecule has 1 aliphatic carbocycles. The van der Waals surface area contributed by atoms with Gasteiger partial charge in [-0.05, 0) is 24.1 Å². The van der Waals surface area contributed by atoms with E-state index in [1.165, 1.54) is 7.11 Å². The van der Waals surface area contributed by atoms with Crippen LogP contribution in [0.2, 0.25) is 0 Å². The Hall–Kier alpha value is -2.95. The van der Waals surface area contributed by atoms with Gasteiger partial charge in [-0.3, -0.25) is 14.4 Å². The zero-order valence-electron chi connectivity index (χ0n) is 13.2. The van der Waals surface area contributed by atoms with Crippen LogP contribution >= 0.6 is 0 Å². The van der Waals surface area contributed by atoms with E-state index in [2.05, 4.69) is 5.32 Å². The van der Waals surface area contributed by atoms with Gasteiger partial charge in [0, 0.05) is 11.5 Å². The van der Waals surface area contributed by atoms with E-state index in [1.807, 2.05) is 30.3 Å². The van der Waals surface area contributed by atoms with Crippen molar-refractivity contribution in [3.05, 3.63) is 65.7 Å². The van der Waals surface area contributed by atoms with Crippen LogP contribution in [0.1, 0.15) is 28.3 Å². The quantitative estimate of drug-likeness (QED) is 0.522. The molecule has 1 N–H and O–H groups in total. The number of amides is 1. The van der Waals surface area contributed by atoms with Crippen LogP contribution in [0.5, 0.6) is 0 Å². The lowest BCUT2D eigenvalue weighted by atomic mass is 9.97. The van der Waals surface area contributed by atoms with Gasteiger partial charge in [0.15, 0.2) is 11.7 Å². The number of rotatable bonds is 5. The van der Waals surface area contributed by atoms with Gasteiger partial charge in [-0.15, -0.1) is 0 Å². The van der Waals surface area contributed by atoms with Crippen LogP contribution in [-0.2, 0) is 14.3 Å². The molecule has 2 unspecified atom stereocenters. The Morgan fingerprint density at radius 2 is 1.79 bits per heavy atom. The second-order valence-electron chi connectivity index (χ2n) is 5.79. The largest absolute Gasteiger partial charge is 0.468 e. The number of nitrogens with one attached hydrogen (secondary N) is 1. The number of aldehydes is 1. The van der Waals surface area contributed by atoms with Gasteiger partial charge in [0.2, 0.25) is 5.91 Å². The topological polar surface area (TPSA) is 72.5 Å². The highest BCUT2D eigenvalue weighted by Gasteiger charge is 2.67. The van der Waals surface area contributed by atoms with E-state index in [9.17, 15) is 14.4 Å². The fourth-order valence-electron chi connectivity index (χ4n) is 3.05. The summed E-state index contributed by atoms with van der Waals surface area (Å²) in [6.07, 6.45) is 1.06. The average Bonchev–Trinajstić information content (AvgIpc) is 3.39.